The zero-order valence-corrected chi connectivity index (χ0v) is 13.3. The third-order valence-corrected chi connectivity index (χ3v) is 4.33. The lowest BCUT2D eigenvalue weighted by atomic mass is 9.96. The molecule has 3 aromatic heterocycles. The van der Waals surface area contributed by atoms with Gasteiger partial charge in [-0.1, -0.05) is 18.5 Å². The van der Waals surface area contributed by atoms with Crippen molar-refractivity contribution in [2.75, 3.05) is 0 Å². The lowest BCUT2D eigenvalue weighted by Crippen LogP contribution is -2.05. The molecule has 0 aliphatic rings. The summed E-state index contributed by atoms with van der Waals surface area (Å²) in [5.41, 5.74) is 2.80. The highest BCUT2D eigenvalue weighted by atomic mass is 35.5. The van der Waals surface area contributed by atoms with Gasteiger partial charge in [-0.3, -0.25) is 4.68 Å². The molecule has 3 heterocycles. The van der Waals surface area contributed by atoms with Crippen LogP contribution in [0.2, 0.25) is 5.15 Å². The minimum Gasteiger partial charge on any atom is -0.268 e. The van der Waals surface area contributed by atoms with Gasteiger partial charge < -0.3 is 0 Å². The van der Waals surface area contributed by atoms with Crippen LogP contribution in [0.1, 0.15) is 24.1 Å². The predicted octanol–water partition coefficient (Wildman–Crippen LogP) is 3.56. The van der Waals surface area contributed by atoms with E-state index in [0.29, 0.717) is 16.4 Å². The lowest BCUT2D eigenvalue weighted by molar-refractivity contribution is 0.599. The molecule has 0 N–H and O–H groups in total. The minimum absolute atomic E-state index is 0.222. The van der Waals surface area contributed by atoms with Crippen LogP contribution in [0.25, 0.3) is 16.6 Å². The van der Waals surface area contributed by atoms with E-state index in [1.54, 1.807) is 40.8 Å². The van der Waals surface area contributed by atoms with Crippen LogP contribution in [0.4, 0.5) is 4.39 Å². The maximum atomic E-state index is 14.6. The molecular weight excluding hydrogens is 317 g/mol. The van der Waals surface area contributed by atoms with Crippen molar-refractivity contribution in [3.8, 4) is 0 Å². The summed E-state index contributed by atoms with van der Waals surface area (Å²) in [5.74, 6) is -0.494. The second kappa shape index (κ2) is 5.03. The summed E-state index contributed by atoms with van der Waals surface area (Å²) in [5, 5.41) is 9.69. The molecule has 1 aromatic carbocycles. The Labute approximate surface area is 136 Å². The van der Waals surface area contributed by atoms with Gasteiger partial charge in [0, 0.05) is 24.4 Å². The first-order valence-electron chi connectivity index (χ1n) is 7.16. The number of nitrogens with zero attached hydrogens (tertiary/aromatic N) is 5. The van der Waals surface area contributed by atoms with Crippen molar-refractivity contribution in [2.45, 2.75) is 12.8 Å². The van der Waals surface area contributed by atoms with E-state index in [0.717, 1.165) is 16.6 Å². The molecule has 0 bridgehead atoms. The van der Waals surface area contributed by atoms with E-state index in [-0.39, 0.29) is 11.7 Å². The van der Waals surface area contributed by atoms with Gasteiger partial charge >= 0.3 is 0 Å². The van der Waals surface area contributed by atoms with Crippen molar-refractivity contribution in [2.24, 2.45) is 7.05 Å². The van der Waals surface area contributed by atoms with Crippen molar-refractivity contribution < 1.29 is 4.39 Å². The smallest absolute Gasteiger partial charge is 0.153 e. The van der Waals surface area contributed by atoms with Gasteiger partial charge in [0.1, 0.15) is 11.0 Å². The van der Waals surface area contributed by atoms with Crippen molar-refractivity contribution >= 4 is 28.2 Å². The number of fused-ring (bicyclic) bond motifs is 2. The van der Waals surface area contributed by atoms with Gasteiger partial charge in [0.15, 0.2) is 5.65 Å². The average molecular weight is 330 g/mol. The van der Waals surface area contributed by atoms with Crippen LogP contribution in [0.3, 0.4) is 0 Å². The Morgan fingerprint density at radius 3 is 2.87 bits per heavy atom. The molecule has 0 aliphatic heterocycles. The van der Waals surface area contributed by atoms with Gasteiger partial charge in [0.25, 0.3) is 0 Å². The van der Waals surface area contributed by atoms with Crippen LogP contribution in [0.5, 0.6) is 0 Å². The summed E-state index contributed by atoms with van der Waals surface area (Å²) in [4.78, 5) is 4.31. The first kappa shape index (κ1) is 14.1. The van der Waals surface area contributed by atoms with E-state index in [1.165, 1.54) is 6.07 Å². The molecule has 4 aromatic rings. The molecule has 1 atom stereocenters. The van der Waals surface area contributed by atoms with Crippen LogP contribution >= 0.6 is 11.6 Å². The first-order valence-corrected chi connectivity index (χ1v) is 7.54. The monoisotopic (exact) mass is 329 g/mol. The van der Waals surface area contributed by atoms with Crippen molar-refractivity contribution in [3.05, 3.63) is 58.9 Å². The Kier molecular flexibility index (Phi) is 3.09. The normalized spacial score (nSPS) is 13.0. The van der Waals surface area contributed by atoms with Crippen molar-refractivity contribution in [3.63, 3.8) is 0 Å². The predicted molar refractivity (Wildman–Crippen MR) is 86.2 cm³/mol. The Hall–Kier alpha value is -2.47. The maximum Gasteiger partial charge on any atom is 0.153 e. The summed E-state index contributed by atoms with van der Waals surface area (Å²) in [6.45, 7) is 1.92. The molecule has 116 valence electrons. The molecule has 0 aliphatic carbocycles. The summed E-state index contributed by atoms with van der Waals surface area (Å²) >= 11 is 5.97. The van der Waals surface area contributed by atoms with Gasteiger partial charge in [-0.2, -0.15) is 10.2 Å². The Morgan fingerprint density at radius 2 is 2.04 bits per heavy atom. The Morgan fingerprint density at radius 1 is 1.22 bits per heavy atom. The standard InChI is InChI=1S/C16H13ClFN5/c1-9(14-8-19-16-4-3-15(17)21-23(14)16)11-5-10-7-20-22(2)13(10)6-12(11)18/h3-9H,1-2H3/t9-/m0/s1. The number of rotatable bonds is 2. The molecule has 0 spiro atoms. The Balaban J connectivity index is 1.88. The van der Waals surface area contributed by atoms with E-state index in [1.807, 2.05) is 13.0 Å². The quantitative estimate of drug-likeness (QED) is 0.565. The van der Waals surface area contributed by atoms with Gasteiger partial charge in [0.05, 0.1) is 23.6 Å². The summed E-state index contributed by atoms with van der Waals surface area (Å²) < 4.78 is 17.9. The molecule has 5 nitrogen and oxygen atoms in total. The number of aryl methyl sites for hydroxylation is 1. The lowest BCUT2D eigenvalue weighted by Gasteiger charge is -2.13. The fourth-order valence-electron chi connectivity index (χ4n) is 2.85. The fourth-order valence-corrected chi connectivity index (χ4v) is 2.99. The molecule has 0 fully saturated rings. The first-order chi connectivity index (χ1) is 11.0. The number of benzene rings is 1. The second-order valence-electron chi connectivity index (χ2n) is 5.53. The van der Waals surface area contributed by atoms with E-state index in [4.69, 9.17) is 11.6 Å². The van der Waals surface area contributed by atoms with Crippen LogP contribution < -0.4 is 0 Å². The molecule has 4 rings (SSSR count). The molecule has 0 amide bonds. The molecular formula is C16H13ClFN5. The third-order valence-electron chi connectivity index (χ3n) is 4.13. The molecule has 0 radical (unpaired) electrons. The molecule has 7 heteroatoms. The molecule has 0 saturated carbocycles. The highest BCUT2D eigenvalue weighted by Crippen LogP contribution is 2.30. The summed E-state index contributed by atoms with van der Waals surface area (Å²) in [6, 6.07) is 6.80. The van der Waals surface area contributed by atoms with Crippen molar-refractivity contribution in [1.82, 2.24) is 24.4 Å². The molecule has 0 unspecified atom stereocenters. The number of halogens is 2. The van der Waals surface area contributed by atoms with Gasteiger partial charge in [-0.25, -0.2) is 13.9 Å². The highest BCUT2D eigenvalue weighted by molar-refractivity contribution is 6.29. The number of aromatic nitrogens is 5. The molecule has 0 saturated heterocycles. The maximum absolute atomic E-state index is 14.6. The number of imidazole rings is 1. The zero-order valence-electron chi connectivity index (χ0n) is 12.5. The fraction of sp³-hybridized carbons (Fsp3) is 0.188. The third kappa shape index (κ3) is 2.17. The van der Waals surface area contributed by atoms with Crippen molar-refractivity contribution in [1.29, 1.82) is 0 Å². The zero-order chi connectivity index (χ0) is 16.1. The SMILES string of the molecule is C[C@@H](c1cc2cnn(C)c2cc1F)c1cnc2ccc(Cl)nn12. The van der Waals surface area contributed by atoms with Gasteiger partial charge in [-0.15, -0.1) is 0 Å². The van der Waals surface area contributed by atoms with E-state index < -0.39 is 0 Å². The van der Waals surface area contributed by atoms with E-state index in [2.05, 4.69) is 15.2 Å². The minimum atomic E-state index is -0.273. The Bertz CT molecular complexity index is 1040. The van der Waals surface area contributed by atoms with E-state index in [9.17, 15) is 4.39 Å². The number of hydrogen-bond acceptors (Lipinski definition) is 3. The highest BCUT2D eigenvalue weighted by Gasteiger charge is 2.19. The second-order valence-corrected chi connectivity index (χ2v) is 5.92. The topological polar surface area (TPSA) is 48.0 Å². The number of hydrogen-bond donors (Lipinski definition) is 0. The van der Waals surface area contributed by atoms with Gasteiger partial charge in [-0.05, 0) is 23.8 Å². The summed E-state index contributed by atoms with van der Waals surface area (Å²) in [6.07, 6.45) is 3.44. The van der Waals surface area contributed by atoms with Crippen LogP contribution in [-0.2, 0) is 7.05 Å². The van der Waals surface area contributed by atoms with E-state index >= 15 is 0 Å². The average Bonchev–Trinajstić information content (AvgIpc) is 3.10. The largest absolute Gasteiger partial charge is 0.268 e. The van der Waals surface area contributed by atoms with Crippen LogP contribution in [0.15, 0.2) is 36.7 Å². The molecule has 23 heavy (non-hydrogen) atoms. The van der Waals surface area contributed by atoms with Crippen LogP contribution in [0, 0.1) is 5.82 Å². The summed E-state index contributed by atoms with van der Waals surface area (Å²) in [7, 11) is 1.79. The van der Waals surface area contributed by atoms with Crippen LogP contribution in [-0.4, -0.2) is 24.4 Å². The van der Waals surface area contributed by atoms with Gasteiger partial charge in [0.2, 0.25) is 0 Å².